The Kier molecular flexibility index (Phi) is 4.11. The third-order valence-corrected chi connectivity index (χ3v) is 6.23. The van der Waals surface area contributed by atoms with Crippen molar-refractivity contribution in [2.75, 3.05) is 0 Å². The van der Waals surface area contributed by atoms with Crippen molar-refractivity contribution in [1.82, 2.24) is 4.72 Å². The van der Waals surface area contributed by atoms with Crippen LogP contribution in [0.15, 0.2) is 16.3 Å². The molecule has 2 rings (SSSR count). The third kappa shape index (κ3) is 2.93. The van der Waals surface area contributed by atoms with E-state index in [2.05, 4.69) is 4.72 Å². The van der Waals surface area contributed by atoms with Gasteiger partial charge in [0.15, 0.2) is 0 Å². The molecule has 0 radical (unpaired) electrons. The van der Waals surface area contributed by atoms with Crippen molar-refractivity contribution in [3.63, 3.8) is 0 Å². The smallest absolute Gasteiger partial charge is 0.242 e. The van der Waals surface area contributed by atoms with Gasteiger partial charge in [-0.05, 0) is 31.2 Å². The maximum Gasteiger partial charge on any atom is 0.242 e. The highest BCUT2D eigenvalue weighted by atomic mass is 32.2. The first-order valence-corrected chi connectivity index (χ1v) is 8.54. The monoisotopic (exact) mass is 289 g/mol. The van der Waals surface area contributed by atoms with Gasteiger partial charge < -0.3 is 5.11 Å². The number of rotatable bonds is 4. The summed E-state index contributed by atoms with van der Waals surface area (Å²) in [7, 11) is -3.52. The lowest BCUT2D eigenvalue weighted by Crippen LogP contribution is -2.47. The number of aliphatic hydroxyl groups is 1. The van der Waals surface area contributed by atoms with E-state index < -0.39 is 10.0 Å². The molecule has 0 saturated heterocycles. The Hall–Kier alpha value is -0.430. The highest BCUT2D eigenvalue weighted by molar-refractivity contribution is 7.89. The molecule has 102 valence electrons. The van der Waals surface area contributed by atoms with Crippen LogP contribution in [0.5, 0.6) is 0 Å². The summed E-state index contributed by atoms with van der Waals surface area (Å²) in [6.45, 7) is 1.74. The first-order valence-electron chi connectivity index (χ1n) is 6.18. The van der Waals surface area contributed by atoms with E-state index in [4.69, 9.17) is 5.11 Å². The van der Waals surface area contributed by atoms with E-state index in [1.54, 1.807) is 11.4 Å². The number of aliphatic hydroxyl groups excluding tert-OH is 1. The molecule has 0 spiro atoms. The second kappa shape index (κ2) is 5.28. The second-order valence-electron chi connectivity index (χ2n) is 5.09. The van der Waals surface area contributed by atoms with Crippen LogP contribution < -0.4 is 4.72 Å². The van der Waals surface area contributed by atoms with Gasteiger partial charge in [0.25, 0.3) is 0 Å². The molecule has 2 N–H and O–H groups in total. The molecule has 1 saturated carbocycles. The molecule has 0 amide bonds. The fourth-order valence-electron chi connectivity index (χ4n) is 2.50. The summed E-state index contributed by atoms with van der Waals surface area (Å²) in [6, 6.07) is 1.56. The Balaban J connectivity index is 2.21. The van der Waals surface area contributed by atoms with Crippen molar-refractivity contribution < 1.29 is 13.5 Å². The van der Waals surface area contributed by atoms with Gasteiger partial charge in [-0.15, -0.1) is 11.3 Å². The number of hydrogen-bond acceptors (Lipinski definition) is 4. The molecule has 0 unspecified atom stereocenters. The zero-order chi connectivity index (χ0) is 13.2. The average molecular weight is 289 g/mol. The molecule has 1 heterocycles. The summed E-state index contributed by atoms with van der Waals surface area (Å²) in [4.78, 5) is 0.726. The first-order chi connectivity index (χ1) is 8.47. The fourth-order valence-corrected chi connectivity index (χ4v) is 5.26. The molecule has 1 aliphatic carbocycles. The molecular formula is C12H19NO3S2. The lowest BCUT2D eigenvalue weighted by molar-refractivity contribution is 0.281. The summed E-state index contributed by atoms with van der Waals surface area (Å²) in [5, 5.41) is 10.9. The van der Waals surface area contributed by atoms with Gasteiger partial charge in [0.05, 0.1) is 11.5 Å². The quantitative estimate of drug-likeness (QED) is 0.893. The Bertz CT molecular complexity index is 501. The first kappa shape index (κ1) is 14.0. The van der Waals surface area contributed by atoms with Crippen molar-refractivity contribution in [1.29, 1.82) is 0 Å². The van der Waals surface area contributed by atoms with Crippen molar-refractivity contribution in [3.05, 3.63) is 16.3 Å². The van der Waals surface area contributed by atoms with Crippen LogP contribution in [0.4, 0.5) is 0 Å². The summed E-state index contributed by atoms with van der Waals surface area (Å²) in [5.74, 6) is 0. The maximum absolute atomic E-state index is 12.3. The zero-order valence-corrected chi connectivity index (χ0v) is 12.1. The van der Waals surface area contributed by atoms with Gasteiger partial charge in [0.1, 0.15) is 0 Å². The van der Waals surface area contributed by atoms with Crippen LogP contribution in [0.3, 0.4) is 0 Å². The van der Waals surface area contributed by atoms with Gasteiger partial charge >= 0.3 is 0 Å². The number of nitrogens with one attached hydrogen (secondary N) is 1. The molecule has 1 aromatic rings. The van der Waals surface area contributed by atoms with Crippen molar-refractivity contribution >= 4 is 21.4 Å². The number of hydrogen-bond donors (Lipinski definition) is 2. The van der Waals surface area contributed by atoms with E-state index in [1.165, 1.54) is 17.8 Å². The standard InChI is InChI=1S/C12H19NO3S2/c1-12(6-3-2-4-7-12)13-18(15,16)11-5-8-17-10(11)9-14/h5,8,13-14H,2-4,6-7,9H2,1H3. The molecule has 18 heavy (non-hydrogen) atoms. The third-order valence-electron chi connectivity index (χ3n) is 3.48. The average Bonchev–Trinajstić information content (AvgIpc) is 2.77. The minimum atomic E-state index is -3.52. The molecule has 1 aromatic heterocycles. The zero-order valence-electron chi connectivity index (χ0n) is 10.5. The van der Waals surface area contributed by atoms with E-state index in [9.17, 15) is 8.42 Å². The van der Waals surface area contributed by atoms with Crippen LogP contribution in [-0.2, 0) is 16.6 Å². The summed E-state index contributed by atoms with van der Waals surface area (Å²) in [6.07, 6.45) is 5.07. The SMILES string of the molecule is CC1(NS(=O)(=O)c2ccsc2CO)CCCCC1. The van der Waals surface area contributed by atoms with Gasteiger partial charge in [-0.3, -0.25) is 0 Å². The van der Waals surface area contributed by atoms with Crippen LogP contribution >= 0.6 is 11.3 Å². The molecule has 6 heteroatoms. The van der Waals surface area contributed by atoms with E-state index in [1.807, 2.05) is 6.92 Å². The molecule has 4 nitrogen and oxygen atoms in total. The van der Waals surface area contributed by atoms with Crippen LogP contribution in [-0.4, -0.2) is 19.1 Å². The van der Waals surface area contributed by atoms with Crippen molar-refractivity contribution in [3.8, 4) is 0 Å². The van der Waals surface area contributed by atoms with E-state index in [-0.39, 0.29) is 17.0 Å². The van der Waals surface area contributed by atoms with Crippen LogP contribution in [0.1, 0.15) is 43.9 Å². The lowest BCUT2D eigenvalue weighted by atomic mass is 9.84. The van der Waals surface area contributed by atoms with Gasteiger partial charge in [0.2, 0.25) is 10.0 Å². The fraction of sp³-hybridized carbons (Fsp3) is 0.667. The van der Waals surface area contributed by atoms with E-state index in [0.717, 1.165) is 25.7 Å². The van der Waals surface area contributed by atoms with Crippen LogP contribution in [0, 0.1) is 0 Å². The van der Waals surface area contributed by atoms with Gasteiger partial charge in [-0.2, -0.15) is 0 Å². The van der Waals surface area contributed by atoms with Crippen molar-refractivity contribution in [2.24, 2.45) is 0 Å². The normalized spacial score (nSPS) is 19.9. The molecule has 0 aliphatic heterocycles. The Morgan fingerprint density at radius 3 is 2.67 bits per heavy atom. The minimum absolute atomic E-state index is 0.224. The Labute approximate surface area is 112 Å². The molecular weight excluding hydrogens is 270 g/mol. The molecule has 1 aliphatic rings. The minimum Gasteiger partial charge on any atom is -0.391 e. The topological polar surface area (TPSA) is 66.4 Å². The van der Waals surface area contributed by atoms with Gasteiger partial charge in [-0.25, -0.2) is 13.1 Å². The van der Waals surface area contributed by atoms with Crippen LogP contribution in [0.25, 0.3) is 0 Å². The largest absolute Gasteiger partial charge is 0.391 e. The molecule has 0 bridgehead atoms. The Morgan fingerprint density at radius 1 is 1.39 bits per heavy atom. The van der Waals surface area contributed by atoms with Crippen molar-refractivity contribution in [2.45, 2.75) is 56.1 Å². The molecule has 1 fully saturated rings. The summed E-state index contributed by atoms with van der Waals surface area (Å²) in [5.41, 5.74) is -0.342. The second-order valence-corrected chi connectivity index (χ2v) is 7.74. The summed E-state index contributed by atoms with van der Waals surface area (Å²) >= 11 is 1.27. The highest BCUT2D eigenvalue weighted by Crippen LogP contribution is 2.30. The maximum atomic E-state index is 12.3. The molecule has 0 aromatic carbocycles. The predicted molar refractivity (Wildman–Crippen MR) is 72.1 cm³/mol. The highest BCUT2D eigenvalue weighted by Gasteiger charge is 2.33. The summed E-state index contributed by atoms with van der Waals surface area (Å²) < 4.78 is 27.5. The number of sulfonamides is 1. The predicted octanol–water partition coefficient (Wildman–Crippen LogP) is 2.24. The van der Waals surface area contributed by atoms with E-state index >= 15 is 0 Å². The van der Waals surface area contributed by atoms with E-state index in [0.29, 0.717) is 4.88 Å². The van der Waals surface area contributed by atoms with Gasteiger partial charge in [-0.1, -0.05) is 19.3 Å². The lowest BCUT2D eigenvalue weighted by Gasteiger charge is -2.34. The van der Waals surface area contributed by atoms with Crippen LogP contribution in [0.2, 0.25) is 0 Å². The Morgan fingerprint density at radius 2 is 2.06 bits per heavy atom. The molecule has 0 atom stereocenters. The van der Waals surface area contributed by atoms with Gasteiger partial charge in [0, 0.05) is 10.4 Å². The number of thiophene rings is 1.